The molecule has 2 atom stereocenters. The molecule has 1 aromatic rings. The number of nitrogens with zero attached hydrogens (tertiary/aromatic N) is 1. The monoisotopic (exact) mass is 313 g/mol. The molecule has 2 saturated heterocycles. The van der Waals surface area contributed by atoms with Crippen molar-refractivity contribution in [1.82, 2.24) is 4.90 Å². The summed E-state index contributed by atoms with van der Waals surface area (Å²) < 4.78 is 34.2. The molecule has 0 unspecified atom stereocenters. The van der Waals surface area contributed by atoms with E-state index in [1.54, 1.807) is 12.1 Å². The van der Waals surface area contributed by atoms with Crippen molar-refractivity contribution in [3.63, 3.8) is 0 Å². The summed E-state index contributed by atoms with van der Waals surface area (Å²) in [5.74, 6) is 0.641. The van der Waals surface area contributed by atoms with E-state index in [1.165, 1.54) is 0 Å². The molecular weight excluding hydrogens is 292 g/mol. The molecule has 0 aliphatic carbocycles. The fraction of sp³-hybridized carbons (Fsp3) is 0.625. The van der Waals surface area contributed by atoms with E-state index in [0.29, 0.717) is 12.5 Å². The Bertz CT molecular complexity index is 497. The lowest BCUT2D eigenvalue weighted by molar-refractivity contribution is -0.0561. The van der Waals surface area contributed by atoms with Gasteiger partial charge in [-0.2, -0.15) is 8.78 Å². The second-order valence-corrected chi connectivity index (χ2v) is 6.25. The van der Waals surface area contributed by atoms with Crippen molar-refractivity contribution in [2.75, 3.05) is 32.9 Å². The van der Waals surface area contributed by atoms with Crippen molar-refractivity contribution >= 4 is 0 Å². The lowest BCUT2D eigenvalue weighted by atomic mass is 9.76. The van der Waals surface area contributed by atoms with E-state index in [-0.39, 0.29) is 17.8 Å². The van der Waals surface area contributed by atoms with Crippen LogP contribution in [-0.2, 0) is 11.3 Å². The van der Waals surface area contributed by atoms with Crippen LogP contribution in [0.3, 0.4) is 0 Å². The lowest BCUT2D eigenvalue weighted by Gasteiger charge is -2.36. The number of aliphatic hydroxyl groups excluding tert-OH is 1. The molecule has 0 amide bonds. The van der Waals surface area contributed by atoms with Crippen LogP contribution in [0, 0.1) is 11.3 Å². The first kappa shape index (κ1) is 15.6. The number of hydrogen-bond acceptors (Lipinski definition) is 4. The zero-order chi connectivity index (χ0) is 15.6. The van der Waals surface area contributed by atoms with Crippen LogP contribution in [-0.4, -0.2) is 49.5 Å². The predicted molar refractivity (Wildman–Crippen MR) is 76.8 cm³/mol. The van der Waals surface area contributed by atoms with Crippen molar-refractivity contribution < 1.29 is 23.4 Å². The van der Waals surface area contributed by atoms with E-state index < -0.39 is 6.61 Å². The van der Waals surface area contributed by atoms with Crippen LogP contribution in [0.5, 0.6) is 5.75 Å². The molecule has 2 fully saturated rings. The predicted octanol–water partition coefficient (Wildman–Crippen LogP) is 2.12. The first-order chi connectivity index (χ1) is 10.6. The number of ether oxygens (including phenoxy) is 2. The van der Waals surface area contributed by atoms with Gasteiger partial charge >= 0.3 is 6.61 Å². The van der Waals surface area contributed by atoms with Crippen molar-refractivity contribution in [1.29, 1.82) is 0 Å². The van der Waals surface area contributed by atoms with E-state index in [0.717, 1.165) is 38.2 Å². The molecule has 1 N–H and O–H groups in total. The van der Waals surface area contributed by atoms with Crippen molar-refractivity contribution in [2.24, 2.45) is 11.3 Å². The highest BCUT2D eigenvalue weighted by Gasteiger charge is 2.47. The molecule has 0 bridgehead atoms. The van der Waals surface area contributed by atoms with Crippen LogP contribution in [0.4, 0.5) is 8.78 Å². The molecule has 3 rings (SSSR count). The Morgan fingerprint density at radius 1 is 1.36 bits per heavy atom. The fourth-order valence-electron chi connectivity index (χ4n) is 3.59. The quantitative estimate of drug-likeness (QED) is 0.904. The molecule has 0 saturated carbocycles. The summed E-state index contributed by atoms with van der Waals surface area (Å²) in [7, 11) is 0. The Hall–Kier alpha value is -1.24. The Morgan fingerprint density at radius 2 is 2.14 bits per heavy atom. The molecule has 0 spiro atoms. The SMILES string of the molecule is OC[C@]12COCC[C@H]1CN(Cc1ccc(OC(F)F)cc1)C2. The van der Waals surface area contributed by atoms with Crippen molar-refractivity contribution in [2.45, 2.75) is 19.6 Å². The maximum atomic E-state index is 12.1. The Morgan fingerprint density at radius 3 is 2.77 bits per heavy atom. The van der Waals surface area contributed by atoms with E-state index in [9.17, 15) is 13.9 Å². The number of hydrogen-bond donors (Lipinski definition) is 1. The molecule has 4 nitrogen and oxygen atoms in total. The second-order valence-electron chi connectivity index (χ2n) is 6.25. The zero-order valence-electron chi connectivity index (χ0n) is 12.4. The summed E-state index contributed by atoms with van der Waals surface area (Å²) in [6, 6.07) is 6.74. The minimum absolute atomic E-state index is 0.142. The number of fused-ring (bicyclic) bond motifs is 1. The van der Waals surface area contributed by atoms with Gasteiger partial charge in [-0.25, -0.2) is 0 Å². The summed E-state index contributed by atoms with van der Waals surface area (Å²) in [6.45, 7) is 1.23. The molecule has 1 aromatic carbocycles. The molecule has 2 aliphatic rings. The smallest absolute Gasteiger partial charge is 0.387 e. The first-order valence-corrected chi connectivity index (χ1v) is 7.56. The summed E-state index contributed by atoms with van der Waals surface area (Å²) in [5, 5.41) is 9.76. The number of benzene rings is 1. The van der Waals surface area contributed by atoms with Crippen LogP contribution >= 0.6 is 0 Å². The molecule has 6 heteroatoms. The van der Waals surface area contributed by atoms with Crippen LogP contribution < -0.4 is 4.74 Å². The van der Waals surface area contributed by atoms with Crippen LogP contribution in [0.2, 0.25) is 0 Å². The Balaban J connectivity index is 1.62. The highest BCUT2D eigenvalue weighted by molar-refractivity contribution is 5.27. The second kappa shape index (κ2) is 6.48. The van der Waals surface area contributed by atoms with Crippen molar-refractivity contribution in [3.05, 3.63) is 29.8 Å². The molecule has 0 aromatic heterocycles. The van der Waals surface area contributed by atoms with E-state index in [1.807, 2.05) is 12.1 Å². The number of aliphatic hydroxyl groups is 1. The van der Waals surface area contributed by atoms with Gasteiger partial charge in [-0.3, -0.25) is 4.90 Å². The van der Waals surface area contributed by atoms with Gasteiger partial charge in [0, 0.05) is 31.7 Å². The van der Waals surface area contributed by atoms with Gasteiger partial charge < -0.3 is 14.6 Å². The third-order valence-electron chi connectivity index (χ3n) is 4.75. The van der Waals surface area contributed by atoms with Gasteiger partial charge in [-0.15, -0.1) is 0 Å². The summed E-state index contributed by atoms with van der Waals surface area (Å²) in [5.41, 5.74) is 0.908. The van der Waals surface area contributed by atoms with Gasteiger partial charge in [0.2, 0.25) is 0 Å². The topological polar surface area (TPSA) is 41.9 Å². The molecule has 22 heavy (non-hydrogen) atoms. The summed E-state index contributed by atoms with van der Waals surface area (Å²) in [6.07, 6.45) is 0.984. The van der Waals surface area contributed by atoms with Gasteiger partial charge in [0.1, 0.15) is 5.75 Å². The van der Waals surface area contributed by atoms with E-state index in [4.69, 9.17) is 4.74 Å². The minimum atomic E-state index is -2.79. The zero-order valence-corrected chi connectivity index (χ0v) is 12.4. The lowest BCUT2D eigenvalue weighted by Crippen LogP contribution is -2.42. The number of rotatable bonds is 5. The molecule has 122 valence electrons. The Kier molecular flexibility index (Phi) is 4.61. The first-order valence-electron chi connectivity index (χ1n) is 7.56. The molecule has 2 heterocycles. The minimum Gasteiger partial charge on any atom is -0.435 e. The third kappa shape index (κ3) is 3.24. The largest absolute Gasteiger partial charge is 0.435 e. The standard InChI is InChI=1S/C16H21F2NO3/c17-15(18)22-14-3-1-12(2-4-14)7-19-8-13-5-6-21-11-16(13,9-19)10-20/h1-4,13,15,20H,5-11H2/t13-,16+/m0/s1. The summed E-state index contributed by atoms with van der Waals surface area (Å²) in [4.78, 5) is 2.30. The third-order valence-corrected chi connectivity index (χ3v) is 4.75. The highest BCUT2D eigenvalue weighted by Crippen LogP contribution is 2.41. The Labute approximate surface area is 128 Å². The number of halogens is 2. The number of alkyl halides is 2. The van der Waals surface area contributed by atoms with Crippen LogP contribution in [0.1, 0.15) is 12.0 Å². The maximum Gasteiger partial charge on any atom is 0.387 e. The van der Waals surface area contributed by atoms with Gasteiger partial charge in [-0.05, 0) is 30.0 Å². The highest BCUT2D eigenvalue weighted by atomic mass is 19.3. The van der Waals surface area contributed by atoms with Gasteiger partial charge in [0.25, 0.3) is 0 Å². The molecule has 2 aliphatic heterocycles. The average molecular weight is 313 g/mol. The van der Waals surface area contributed by atoms with Gasteiger partial charge in [-0.1, -0.05) is 12.1 Å². The normalized spacial score (nSPS) is 28.8. The van der Waals surface area contributed by atoms with Gasteiger partial charge in [0.15, 0.2) is 0 Å². The van der Waals surface area contributed by atoms with E-state index >= 15 is 0 Å². The van der Waals surface area contributed by atoms with Crippen LogP contribution in [0.15, 0.2) is 24.3 Å². The average Bonchev–Trinajstić information content (AvgIpc) is 2.87. The van der Waals surface area contributed by atoms with Gasteiger partial charge in [0.05, 0.1) is 13.2 Å². The number of likely N-dealkylation sites (tertiary alicyclic amines) is 1. The fourth-order valence-corrected chi connectivity index (χ4v) is 3.59. The summed E-state index contributed by atoms with van der Waals surface area (Å²) >= 11 is 0. The maximum absolute atomic E-state index is 12.1. The van der Waals surface area contributed by atoms with E-state index in [2.05, 4.69) is 9.64 Å². The molecule has 0 radical (unpaired) electrons. The molecular formula is C16H21F2NO3. The van der Waals surface area contributed by atoms with Crippen molar-refractivity contribution in [3.8, 4) is 5.75 Å². The van der Waals surface area contributed by atoms with Crippen LogP contribution in [0.25, 0.3) is 0 Å².